The van der Waals surface area contributed by atoms with E-state index < -0.39 is 47.2 Å². The van der Waals surface area contributed by atoms with E-state index in [-0.39, 0.29) is 24.6 Å². The first-order valence-electron chi connectivity index (χ1n) is 16.7. The Balaban J connectivity index is 1.59. The Kier molecular flexibility index (Phi) is 11.1. The zero-order valence-corrected chi connectivity index (χ0v) is 27.3. The molecule has 3 aliphatic carbocycles. The van der Waals surface area contributed by atoms with Gasteiger partial charge in [-0.2, -0.15) is 0 Å². The molecule has 0 radical (unpaired) electrons. The van der Waals surface area contributed by atoms with Crippen LogP contribution in [0.15, 0.2) is 78.4 Å². The van der Waals surface area contributed by atoms with Crippen molar-refractivity contribution in [3.63, 3.8) is 0 Å². The van der Waals surface area contributed by atoms with Gasteiger partial charge in [-0.1, -0.05) is 61.0 Å². The van der Waals surface area contributed by atoms with Gasteiger partial charge in [0.1, 0.15) is 0 Å². The molecule has 4 N–H and O–H groups in total. The lowest BCUT2D eigenvalue weighted by Crippen LogP contribution is -2.53. The van der Waals surface area contributed by atoms with Crippen LogP contribution in [0.5, 0.6) is 0 Å². The van der Waals surface area contributed by atoms with Crippen molar-refractivity contribution in [2.24, 2.45) is 5.41 Å². The normalized spacial score (nSPS) is 25.7. The number of fused-ring (bicyclic) bond motifs is 8. The first-order valence-corrected chi connectivity index (χ1v) is 16.7. The van der Waals surface area contributed by atoms with Gasteiger partial charge >= 0.3 is 0 Å². The minimum atomic E-state index is -1.22. The van der Waals surface area contributed by atoms with Crippen LogP contribution in [0.2, 0.25) is 0 Å². The summed E-state index contributed by atoms with van der Waals surface area (Å²) in [6.07, 6.45) is 4.51. The molecule has 0 aliphatic heterocycles. The molecule has 5 unspecified atom stereocenters. The van der Waals surface area contributed by atoms with Crippen LogP contribution in [-0.2, 0) is 13.0 Å². The fraction of sp³-hybridized carbons (Fsp3) is 0.462. The molecule has 8 heteroatoms. The summed E-state index contributed by atoms with van der Waals surface area (Å²) >= 11 is 0. The van der Waals surface area contributed by atoms with E-state index in [1.165, 1.54) is 11.6 Å². The molecule has 3 aromatic rings. The second-order valence-corrected chi connectivity index (χ2v) is 13.9. The van der Waals surface area contributed by atoms with Gasteiger partial charge in [0.05, 0.1) is 24.4 Å². The average molecular weight is 648 g/mol. The lowest BCUT2D eigenvalue weighted by atomic mass is 9.64. The van der Waals surface area contributed by atoms with Gasteiger partial charge < -0.3 is 20.4 Å². The van der Waals surface area contributed by atoms with E-state index in [1.54, 1.807) is 6.07 Å². The smallest absolute Gasteiger partial charge is 0.193 e. The zero-order valence-electron chi connectivity index (χ0n) is 27.3. The fourth-order valence-corrected chi connectivity index (χ4v) is 7.74. The molecule has 0 amide bonds. The number of carbonyl (C=O) groups is 1. The van der Waals surface area contributed by atoms with Crippen LogP contribution in [0.4, 0.5) is 8.78 Å². The van der Waals surface area contributed by atoms with Crippen molar-refractivity contribution in [3.05, 3.63) is 118 Å². The summed E-state index contributed by atoms with van der Waals surface area (Å²) in [5, 5.41) is 43.7. The van der Waals surface area contributed by atoms with E-state index in [0.29, 0.717) is 57.1 Å². The van der Waals surface area contributed by atoms with Gasteiger partial charge in [0, 0.05) is 36.2 Å². The molecule has 6 nitrogen and oxygen atoms in total. The maximum Gasteiger partial charge on any atom is 0.193 e. The number of nitrogens with zero attached hydrogens (tertiary/aromatic N) is 1. The Morgan fingerprint density at radius 3 is 2.51 bits per heavy atom. The number of halogens is 2. The molecule has 3 aliphatic rings. The van der Waals surface area contributed by atoms with Crippen LogP contribution in [0.1, 0.15) is 90.9 Å². The Bertz CT molecular complexity index is 1580. The first-order chi connectivity index (χ1) is 22.4. The number of aliphatic hydroxyl groups is 4. The fourth-order valence-electron chi connectivity index (χ4n) is 7.74. The number of rotatable bonds is 9. The zero-order chi connectivity index (χ0) is 33.8. The monoisotopic (exact) mass is 647 g/mol. The highest BCUT2D eigenvalue weighted by molar-refractivity contribution is 6.10. The molecule has 1 fully saturated rings. The molecular formula is C39H47F2NO5. The Hall–Kier alpha value is -3.27. The summed E-state index contributed by atoms with van der Waals surface area (Å²) in [4.78, 5) is 16.1. The number of carbonyl (C=O) groups excluding carboxylic acids is 1. The molecule has 0 saturated heterocycles. The minimum Gasteiger partial charge on any atom is -0.394 e. The molecule has 5 atom stereocenters. The van der Waals surface area contributed by atoms with Gasteiger partial charge in [-0.15, -0.1) is 0 Å². The van der Waals surface area contributed by atoms with Crippen molar-refractivity contribution >= 4 is 5.78 Å². The highest BCUT2D eigenvalue weighted by Crippen LogP contribution is 2.59. The van der Waals surface area contributed by atoms with E-state index in [1.807, 2.05) is 47.4 Å². The van der Waals surface area contributed by atoms with Crippen molar-refractivity contribution < 1.29 is 34.0 Å². The molecule has 0 heterocycles. The Labute approximate surface area is 276 Å². The van der Waals surface area contributed by atoms with E-state index in [0.717, 1.165) is 28.8 Å². The maximum absolute atomic E-state index is 14.3. The molecule has 0 spiro atoms. The summed E-state index contributed by atoms with van der Waals surface area (Å²) in [5.41, 5.74) is 2.14. The van der Waals surface area contributed by atoms with E-state index in [4.69, 9.17) is 0 Å². The predicted molar refractivity (Wildman–Crippen MR) is 178 cm³/mol. The minimum absolute atomic E-state index is 0.0320. The summed E-state index contributed by atoms with van der Waals surface area (Å²) < 4.78 is 28.2. The third-order valence-corrected chi connectivity index (χ3v) is 10.5. The molecule has 1 saturated carbocycles. The number of hydrogen-bond acceptors (Lipinski definition) is 6. The molecule has 2 bridgehead atoms. The van der Waals surface area contributed by atoms with Crippen LogP contribution >= 0.6 is 0 Å². The number of hydrogen-bond donors (Lipinski definition) is 4. The van der Waals surface area contributed by atoms with Gasteiger partial charge in [0.15, 0.2) is 17.4 Å². The molecule has 6 rings (SSSR count). The average Bonchev–Trinajstić information content (AvgIpc) is 3.30. The van der Waals surface area contributed by atoms with Crippen molar-refractivity contribution in [1.82, 2.24) is 4.90 Å². The van der Waals surface area contributed by atoms with Crippen molar-refractivity contribution in [2.45, 2.75) is 89.1 Å². The van der Waals surface area contributed by atoms with Crippen molar-refractivity contribution in [2.75, 3.05) is 19.7 Å². The van der Waals surface area contributed by atoms with Gasteiger partial charge in [-0.3, -0.25) is 9.69 Å². The van der Waals surface area contributed by atoms with Gasteiger partial charge in [-0.25, -0.2) is 8.78 Å². The van der Waals surface area contributed by atoms with Gasteiger partial charge in [0.25, 0.3) is 0 Å². The second kappa shape index (κ2) is 14.9. The van der Waals surface area contributed by atoms with Crippen molar-refractivity contribution in [1.29, 1.82) is 0 Å². The van der Waals surface area contributed by atoms with Crippen LogP contribution in [0.25, 0.3) is 0 Å². The molecular weight excluding hydrogens is 600 g/mol. The van der Waals surface area contributed by atoms with Gasteiger partial charge in [-0.05, 0) is 98.7 Å². The topological polar surface area (TPSA) is 101 Å². The number of ketones is 1. The standard InChI is InChI=1S/C39H47F2NO5/c1-26-7-6-17-38(2)34(16-18-39(38,47)25-42(23-31(45)24-43)22-27-8-4-3-5-9-27)32-14-11-28(19-30(44)13-10-26)20-33(32)37(46)29-12-15-35(40)36(41)21-29/h3-5,7-9,11-12,14-15,20-21,30-31,34,43-45,47H,6,10,13,16-19,22-25H2,1-2H3. The third-order valence-electron chi connectivity index (χ3n) is 10.5. The SMILES string of the molecule is CC1=CCCC2(C)C(CCC2(O)CN(Cc2ccccc2)CC(O)CO)c2ccc(cc2C(=O)c2ccc(F)c(F)c2)CC(O)CC1. The summed E-state index contributed by atoms with van der Waals surface area (Å²) in [6.45, 7) is 4.62. The largest absolute Gasteiger partial charge is 0.394 e. The highest BCUT2D eigenvalue weighted by atomic mass is 19.2. The highest BCUT2D eigenvalue weighted by Gasteiger charge is 2.57. The number of aliphatic hydroxyl groups excluding tert-OH is 3. The molecule has 0 aromatic heterocycles. The van der Waals surface area contributed by atoms with Crippen LogP contribution in [0, 0.1) is 17.0 Å². The summed E-state index contributed by atoms with van der Waals surface area (Å²) in [5.74, 6) is -2.82. The lowest BCUT2D eigenvalue weighted by Gasteiger charge is -2.46. The number of allylic oxidation sites excluding steroid dienone is 2. The predicted octanol–water partition coefficient (Wildman–Crippen LogP) is 6.09. The molecule has 252 valence electrons. The van der Waals surface area contributed by atoms with E-state index in [2.05, 4.69) is 19.9 Å². The summed E-state index contributed by atoms with van der Waals surface area (Å²) in [7, 11) is 0. The third kappa shape index (κ3) is 7.90. The molecule has 3 aromatic carbocycles. The van der Waals surface area contributed by atoms with E-state index in [9.17, 15) is 34.0 Å². The molecule has 47 heavy (non-hydrogen) atoms. The Morgan fingerprint density at radius 1 is 1.02 bits per heavy atom. The van der Waals surface area contributed by atoms with E-state index >= 15 is 0 Å². The first kappa shape index (κ1) is 35.0. The summed E-state index contributed by atoms with van der Waals surface area (Å²) in [6, 6.07) is 18.6. The Morgan fingerprint density at radius 2 is 1.79 bits per heavy atom. The quantitative estimate of drug-likeness (QED) is 0.166. The van der Waals surface area contributed by atoms with Crippen LogP contribution in [-0.4, -0.2) is 68.6 Å². The lowest BCUT2D eigenvalue weighted by molar-refractivity contribution is -0.0907. The van der Waals surface area contributed by atoms with Gasteiger partial charge in [0.2, 0.25) is 0 Å². The second-order valence-electron chi connectivity index (χ2n) is 13.9. The number of benzene rings is 3. The van der Waals surface area contributed by atoms with Crippen LogP contribution in [0.3, 0.4) is 0 Å². The maximum atomic E-state index is 14.3. The van der Waals surface area contributed by atoms with Crippen LogP contribution < -0.4 is 0 Å². The van der Waals surface area contributed by atoms with Crippen molar-refractivity contribution in [3.8, 4) is 0 Å².